The van der Waals surface area contributed by atoms with E-state index in [2.05, 4.69) is 15.5 Å². The predicted molar refractivity (Wildman–Crippen MR) is 82.4 cm³/mol. The van der Waals surface area contributed by atoms with Crippen LogP contribution in [-0.2, 0) is 4.84 Å². The predicted octanol–water partition coefficient (Wildman–Crippen LogP) is 3.75. The van der Waals surface area contributed by atoms with E-state index in [1.807, 2.05) is 54.6 Å². The van der Waals surface area contributed by atoms with Crippen LogP contribution in [0, 0.1) is 0 Å². The van der Waals surface area contributed by atoms with E-state index in [0.29, 0.717) is 5.69 Å². The van der Waals surface area contributed by atoms with Gasteiger partial charge in [0.05, 0.1) is 11.9 Å². The van der Waals surface area contributed by atoms with E-state index < -0.39 is 6.09 Å². The first-order chi connectivity index (χ1) is 10.3. The van der Waals surface area contributed by atoms with E-state index >= 15 is 0 Å². The molecule has 0 atom stereocenters. The van der Waals surface area contributed by atoms with Gasteiger partial charge >= 0.3 is 6.09 Å². The van der Waals surface area contributed by atoms with Crippen LogP contribution < -0.4 is 5.32 Å². The van der Waals surface area contributed by atoms with Gasteiger partial charge in [-0.05, 0) is 11.6 Å². The highest BCUT2D eigenvalue weighted by atomic mass is 16.7. The molecule has 0 radical (unpaired) electrons. The molecule has 0 spiro atoms. The summed E-state index contributed by atoms with van der Waals surface area (Å²) in [6.07, 6.45) is 2.56. The fourth-order valence-corrected chi connectivity index (χ4v) is 1.98. The average Bonchev–Trinajstić information content (AvgIpc) is 2.92. The molecular formula is C16H13N3O2. The molecule has 104 valence electrons. The number of hydrogen-bond donors (Lipinski definition) is 2. The molecule has 0 fully saturated rings. The molecule has 5 nitrogen and oxygen atoms in total. The highest BCUT2D eigenvalue weighted by Gasteiger charge is 2.07. The summed E-state index contributed by atoms with van der Waals surface area (Å²) in [5, 5.41) is 7.22. The average molecular weight is 279 g/mol. The lowest BCUT2D eigenvalue weighted by Crippen LogP contribution is -2.10. The lowest BCUT2D eigenvalue weighted by Gasteiger charge is -2.00. The summed E-state index contributed by atoms with van der Waals surface area (Å²) in [6, 6.07) is 17.1. The molecule has 0 unspecified atom stereocenters. The van der Waals surface area contributed by atoms with Gasteiger partial charge in [0, 0.05) is 17.1 Å². The van der Waals surface area contributed by atoms with E-state index in [1.54, 1.807) is 6.20 Å². The molecule has 1 aromatic heterocycles. The summed E-state index contributed by atoms with van der Waals surface area (Å²) < 4.78 is 0. The zero-order valence-corrected chi connectivity index (χ0v) is 11.1. The third-order valence-corrected chi connectivity index (χ3v) is 2.96. The number of benzene rings is 2. The van der Waals surface area contributed by atoms with E-state index in [-0.39, 0.29) is 0 Å². The first-order valence-electron chi connectivity index (χ1n) is 6.45. The summed E-state index contributed by atoms with van der Waals surface area (Å²) in [4.78, 5) is 19.5. The number of nitrogens with zero attached hydrogens (tertiary/aromatic N) is 1. The topological polar surface area (TPSA) is 66.5 Å². The Bertz CT molecular complexity index is 778. The SMILES string of the molecule is O=C(Nc1c[nH]c2ccccc12)O/N=C/c1ccccc1. The van der Waals surface area contributed by atoms with Crippen LogP contribution in [0.3, 0.4) is 0 Å². The molecule has 1 amide bonds. The lowest BCUT2D eigenvalue weighted by atomic mass is 10.2. The molecule has 0 saturated heterocycles. The number of aromatic amines is 1. The maximum atomic E-state index is 11.7. The number of hydrogen-bond acceptors (Lipinski definition) is 3. The lowest BCUT2D eigenvalue weighted by molar-refractivity contribution is 0.167. The fraction of sp³-hybridized carbons (Fsp3) is 0. The number of para-hydroxylation sites is 1. The van der Waals surface area contributed by atoms with E-state index in [0.717, 1.165) is 16.5 Å². The van der Waals surface area contributed by atoms with Crippen molar-refractivity contribution in [3.63, 3.8) is 0 Å². The number of carbonyl (C=O) groups excluding carboxylic acids is 1. The first-order valence-corrected chi connectivity index (χ1v) is 6.45. The van der Waals surface area contributed by atoms with Gasteiger partial charge in [-0.25, -0.2) is 4.79 Å². The molecule has 1 heterocycles. The molecular weight excluding hydrogens is 266 g/mol. The second-order valence-corrected chi connectivity index (χ2v) is 4.40. The molecule has 5 heteroatoms. The highest BCUT2D eigenvalue weighted by Crippen LogP contribution is 2.22. The number of anilines is 1. The molecule has 0 aliphatic heterocycles. The second-order valence-electron chi connectivity index (χ2n) is 4.40. The van der Waals surface area contributed by atoms with Gasteiger partial charge in [0.2, 0.25) is 0 Å². The molecule has 2 aromatic carbocycles. The van der Waals surface area contributed by atoms with Crippen LogP contribution in [-0.4, -0.2) is 17.3 Å². The number of fused-ring (bicyclic) bond motifs is 1. The van der Waals surface area contributed by atoms with Crippen LogP contribution >= 0.6 is 0 Å². The number of aromatic nitrogens is 1. The van der Waals surface area contributed by atoms with Crippen LogP contribution in [0.4, 0.5) is 10.5 Å². The Morgan fingerprint density at radius 3 is 2.71 bits per heavy atom. The van der Waals surface area contributed by atoms with Crippen LogP contribution in [0.15, 0.2) is 65.9 Å². The van der Waals surface area contributed by atoms with Gasteiger partial charge in [0.1, 0.15) is 0 Å². The summed E-state index contributed by atoms with van der Waals surface area (Å²) in [6.45, 7) is 0. The van der Waals surface area contributed by atoms with Crippen LogP contribution in [0.1, 0.15) is 5.56 Å². The monoisotopic (exact) mass is 279 g/mol. The molecule has 0 saturated carbocycles. The minimum Gasteiger partial charge on any atom is -0.359 e. The van der Waals surface area contributed by atoms with Crippen molar-refractivity contribution in [3.05, 3.63) is 66.4 Å². The Morgan fingerprint density at radius 1 is 1.10 bits per heavy atom. The molecule has 21 heavy (non-hydrogen) atoms. The summed E-state index contributed by atoms with van der Waals surface area (Å²) in [5.41, 5.74) is 2.46. The third kappa shape index (κ3) is 3.09. The van der Waals surface area contributed by atoms with Gasteiger partial charge in [0.15, 0.2) is 0 Å². The number of oxime groups is 1. The Labute approximate surface area is 121 Å². The van der Waals surface area contributed by atoms with Crippen LogP contribution in [0.5, 0.6) is 0 Å². The van der Waals surface area contributed by atoms with E-state index in [4.69, 9.17) is 4.84 Å². The fourth-order valence-electron chi connectivity index (χ4n) is 1.98. The van der Waals surface area contributed by atoms with Gasteiger partial charge in [0.25, 0.3) is 0 Å². The Hall–Kier alpha value is -3.08. The second kappa shape index (κ2) is 5.92. The molecule has 3 aromatic rings. The molecule has 2 N–H and O–H groups in total. The van der Waals surface area contributed by atoms with Gasteiger partial charge in [-0.3, -0.25) is 10.2 Å². The minimum atomic E-state index is -0.632. The Morgan fingerprint density at radius 2 is 1.86 bits per heavy atom. The van der Waals surface area contributed by atoms with Gasteiger partial charge in [-0.2, -0.15) is 0 Å². The largest absolute Gasteiger partial charge is 0.437 e. The summed E-state index contributed by atoms with van der Waals surface area (Å²) in [7, 11) is 0. The van der Waals surface area contributed by atoms with Crippen molar-refractivity contribution in [2.75, 3.05) is 5.32 Å². The van der Waals surface area contributed by atoms with Crippen LogP contribution in [0.25, 0.3) is 10.9 Å². The standard InChI is InChI=1S/C16H13N3O2/c20-16(21-18-10-12-6-2-1-3-7-12)19-15-11-17-14-9-5-4-8-13(14)15/h1-11,17H,(H,19,20)/b18-10+. The quantitative estimate of drug-likeness (QED) is 0.435. The molecule has 0 bridgehead atoms. The van der Waals surface area contributed by atoms with Crippen molar-refractivity contribution in [3.8, 4) is 0 Å². The normalized spacial score (nSPS) is 10.9. The van der Waals surface area contributed by atoms with Crippen molar-refractivity contribution in [1.82, 2.24) is 4.98 Å². The van der Waals surface area contributed by atoms with Gasteiger partial charge < -0.3 is 4.98 Å². The van der Waals surface area contributed by atoms with Gasteiger partial charge in [-0.15, -0.1) is 0 Å². The highest BCUT2D eigenvalue weighted by molar-refractivity contribution is 5.99. The minimum absolute atomic E-state index is 0.632. The van der Waals surface area contributed by atoms with Crippen molar-refractivity contribution in [2.45, 2.75) is 0 Å². The zero-order valence-electron chi connectivity index (χ0n) is 11.1. The van der Waals surface area contributed by atoms with Crippen molar-refractivity contribution < 1.29 is 9.63 Å². The zero-order chi connectivity index (χ0) is 14.5. The number of rotatable bonds is 3. The summed E-state index contributed by atoms with van der Waals surface area (Å²) in [5.74, 6) is 0. The smallest absolute Gasteiger partial charge is 0.359 e. The number of nitrogens with one attached hydrogen (secondary N) is 2. The van der Waals surface area contributed by atoms with Crippen LogP contribution in [0.2, 0.25) is 0 Å². The van der Waals surface area contributed by atoms with E-state index in [1.165, 1.54) is 6.21 Å². The third-order valence-electron chi connectivity index (χ3n) is 2.96. The molecule has 3 rings (SSSR count). The van der Waals surface area contributed by atoms with Crippen molar-refractivity contribution in [2.24, 2.45) is 5.16 Å². The first kappa shape index (κ1) is 12.9. The summed E-state index contributed by atoms with van der Waals surface area (Å²) >= 11 is 0. The number of H-pyrrole nitrogens is 1. The number of carbonyl (C=O) groups is 1. The molecule has 0 aliphatic rings. The number of amides is 1. The molecule has 0 aliphatic carbocycles. The Balaban J connectivity index is 1.63. The maximum absolute atomic E-state index is 11.7. The van der Waals surface area contributed by atoms with Crippen molar-refractivity contribution >= 4 is 28.9 Å². The Kier molecular flexibility index (Phi) is 3.64. The van der Waals surface area contributed by atoms with Gasteiger partial charge in [-0.1, -0.05) is 53.7 Å². The van der Waals surface area contributed by atoms with E-state index in [9.17, 15) is 4.79 Å². The maximum Gasteiger partial charge on any atom is 0.437 e. The van der Waals surface area contributed by atoms with Crippen molar-refractivity contribution in [1.29, 1.82) is 0 Å².